The van der Waals surface area contributed by atoms with Crippen LogP contribution < -0.4 is 4.90 Å². The SMILES string of the molecule is O=C1C2C(c3ccccc3)OC3(C(=O)c4ccccc4C3=O)C2C(=O)N1c1ccc(C(F)(F)F)cc1. The smallest absolute Gasteiger partial charge is 0.349 e. The van der Waals surface area contributed by atoms with Crippen LogP contribution in [0.25, 0.3) is 0 Å². The van der Waals surface area contributed by atoms with Gasteiger partial charge in [-0.3, -0.25) is 19.2 Å². The number of carbonyl (C=O) groups is 4. The Morgan fingerprint density at radius 3 is 1.83 bits per heavy atom. The second-order valence-electron chi connectivity index (χ2n) is 8.95. The van der Waals surface area contributed by atoms with E-state index < -0.39 is 58.7 Å². The largest absolute Gasteiger partial charge is 0.416 e. The number of anilines is 1. The van der Waals surface area contributed by atoms with Gasteiger partial charge in [0.05, 0.1) is 29.2 Å². The van der Waals surface area contributed by atoms with E-state index in [4.69, 9.17) is 4.74 Å². The van der Waals surface area contributed by atoms with E-state index in [-0.39, 0.29) is 16.8 Å². The van der Waals surface area contributed by atoms with Crippen molar-refractivity contribution >= 4 is 29.1 Å². The fourth-order valence-corrected chi connectivity index (χ4v) is 5.51. The lowest BCUT2D eigenvalue weighted by Crippen LogP contribution is -2.51. The maximum absolute atomic E-state index is 13.8. The predicted molar refractivity (Wildman–Crippen MR) is 119 cm³/mol. The van der Waals surface area contributed by atoms with Gasteiger partial charge in [0.1, 0.15) is 0 Å². The number of hydrogen-bond donors (Lipinski definition) is 0. The molecule has 3 aromatic rings. The van der Waals surface area contributed by atoms with Crippen molar-refractivity contribution in [2.75, 3.05) is 4.90 Å². The molecule has 180 valence electrons. The zero-order chi connectivity index (χ0) is 25.4. The Bertz CT molecular complexity index is 1410. The zero-order valence-corrected chi connectivity index (χ0v) is 18.4. The van der Waals surface area contributed by atoms with Crippen molar-refractivity contribution in [2.24, 2.45) is 11.8 Å². The number of alkyl halides is 3. The van der Waals surface area contributed by atoms with E-state index in [1.54, 1.807) is 42.5 Å². The predicted octanol–water partition coefficient (Wildman–Crippen LogP) is 4.40. The van der Waals surface area contributed by atoms with Crippen LogP contribution in [0.2, 0.25) is 0 Å². The van der Waals surface area contributed by atoms with Crippen LogP contribution in [0.4, 0.5) is 18.9 Å². The number of halogens is 3. The summed E-state index contributed by atoms with van der Waals surface area (Å²) in [7, 11) is 0. The minimum Gasteiger partial charge on any atom is -0.349 e. The number of imide groups is 1. The number of fused-ring (bicyclic) bond motifs is 3. The van der Waals surface area contributed by atoms with Crippen LogP contribution in [0, 0.1) is 11.8 Å². The summed E-state index contributed by atoms with van der Waals surface area (Å²) in [5.41, 5.74) is -2.56. The number of amides is 2. The minimum absolute atomic E-state index is 0.0789. The molecule has 36 heavy (non-hydrogen) atoms. The molecule has 3 atom stereocenters. The molecule has 1 aliphatic carbocycles. The zero-order valence-electron chi connectivity index (χ0n) is 18.4. The van der Waals surface area contributed by atoms with E-state index in [1.165, 1.54) is 12.1 Å². The highest BCUT2D eigenvalue weighted by atomic mass is 19.4. The Kier molecular flexibility index (Phi) is 4.62. The molecule has 0 N–H and O–H groups in total. The standard InChI is InChI=1S/C27H16F3NO5/c28-27(29,30)15-10-12-16(13-11-15)31-24(34)19-20(25(31)35)26(36-21(19)14-6-2-1-3-7-14)22(32)17-8-4-5-9-18(17)23(26)33/h1-13,19-21H. The maximum atomic E-state index is 13.8. The fourth-order valence-electron chi connectivity index (χ4n) is 5.51. The summed E-state index contributed by atoms with van der Waals surface area (Å²) in [5.74, 6) is -5.70. The molecule has 3 aromatic carbocycles. The third-order valence-corrected chi connectivity index (χ3v) is 7.10. The average Bonchev–Trinajstić information content (AvgIpc) is 3.44. The van der Waals surface area contributed by atoms with E-state index in [2.05, 4.69) is 0 Å². The van der Waals surface area contributed by atoms with Crippen LogP contribution in [-0.2, 0) is 20.5 Å². The lowest BCUT2D eigenvalue weighted by molar-refractivity contribution is -0.137. The van der Waals surface area contributed by atoms with E-state index in [9.17, 15) is 32.3 Å². The topological polar surface area (TPSA) is 80.8 Å². The minimum atomic E-state index is -4.60. The molecule has 3 unspecified atom stereocenters. The molecule has 2 amide bonds. The average molecular weight is 491 g/mol. The summed E-state index contributed by atoms with van der Waals surface area (Å²) in [6.45, 7) is 0. The van der Waals surface area contributed by atoms with Crippen molar-refractivity contribution in [2.45, 2.75) is 17.9 Å². The van der Waals surface area contributed by atoms with Gasteiger partial charge in [0, 0.05) is 11.1 Å². The van der Waals surface area contributed by atoms with Crippen LogP contribution in [0.3, 0.4) is 0 Å². The quantitative estimate of drug-likeness (QED) is 0.392. The number of Topliss-reactive ketones (excluding diaryl/α,β-unsaturated/α-hetero) is 2. The molecule has 2 aliphatic heterocycles. The molecule has 2 fully saturated rings. The highest BCUT2D eigenvalue weighted by Crippen LogP contribution is 2.57. The van der Waals surface area contributed by atoms with Crippen molar-refractivity contribution in [3.05, 3.63) is 101 Å². The molecule has 9 heteroatoms. The number of ether oxygens (including phenoxy) is 1. The molecule has 0 radical (unpaired) electrons. The lowest BCUT2D eigenvalue weighted by Gasteiger charge is -2.27. The molecular formula is C27H16F3NO5. The van der Waals surface area contributed by atoms with Gasteiger partial charge in [-0.15, -0.1) is 0 Å². The number of nitrogens with zero attached hydrogens (tertiary/aromatic N) is 1. The van der Waals surface area contributed by atoms with Crippen LogP contribution in [0.15, 0.2) is 78.9 Å². The number of carbonyl (C=O) groups excluding carboxylic acids is 4. The van der Waals surface area contributed by atoms with Crippen molar-refractivity contribution in [3.8, 4) is 0 Å². The molecule has 2 heterocycles. The normalized spacial score (nSPS) is 24.5. The number of hydrogen-bond acceptors (Lipinski definition) is 5. The van der Waals surface area contributed by atoms with Gasteiger partial charge in [0.25, 0.3) is 0 Å². The first-order valence-corrected chi connectivity index (χ1v) is 11.1. The summed E-state index contributed by atoms with van der Waals surface area (Å²) in [4.78, 5) is 55.5. The summed E-state index contributed by atoms with van der Waals surface area (Å²) in [5, 5.41) is 0. The van der Waals surface area contributed by atoms with Crippen LogP contribution in [-0.4, -0.2) is 29.0 Å². The maximum Gasteiger partial charge on any atom is 0.416 e. The molecule has 0 saturated carbocycles. The molecule has 6 nitrogen and oxygen atoms in total. The molecule has 0 aromatic heterocycles. The summed E-state index contributed by atoms with van der Waals surface area (Å²) < 4.78 is 45.3. The molecule has 0 bridgehead atoms. The van der Waals surface area contributed by atoms with Crippen LogP contribution in [0.5, 0.6) is 0 Å². The Labute approximate surface area is 202 Å². The van der Waals surface area contributed by atoms with Gasteiger partial charge in [0.2, 0.25) is 29.0 Å². The number of rotatable bonds is 2. The van der Waals surface area contributed by atoms with Crippen molar-refractivity contribution < 1.29 is 37.1 Å². The Balaban J connectivity index is 1.50. The van der Waals surface area contributed by atoms with E-state index in [0.29, 0.717) is 5.56 Å². The van der Waals surface area contributed by atoms with Crippen molar-refractivity contribution in [3.63, 3.8) is 0 Å². The monoisotopic (exact) mass is 491 g/mol. The third-order valence-electron chi connectivity index (χ3n) is 7.10. The number of ketones is 2. The summed E-state index contributed by atoms with van der Waals surface area (Å²) in [6.07, 6.45) is -5.69. The van der Waals surface area contributed by atoms with E-state index in [0.717, 1.165) is 29.2 Å². The highest BCUT2D eigenvalue weighted by Gasteiger charge is 2.74. The Morgan fingerprint density at radius 1 is 0.722 bits per heavy atom. The Hall–Kier alpha value is -4.11. The fraction of sp³-hybridized carbons (Fsp3) is 0.185. The van der Waals surface area contributed by atoms with E-state index >= 15 is 0 Å². The van der Waals surface area contributed by atoms with Crippen LogP contribution in [0.1, 0.15) is 37.9 Å². The van der Waals surface area contributed by atoms with Gasteiger partial charge in [-0.1, -0.05) is 54.6 Å². The van der Waals surface area contributed by atoms with Crippen LogP contribution >= 0.6 is 0 Å². The van der Waals surface area contributed by atoms with Gasteiger partial charge in [-0.25, -0.2) is 4.90 Å². The second kappa shape index (κ2) is 7.44. The first-order chi connectivity index (χ1) is 17.2. The summed E-state index contributed by atoms with van der Waals surface area (Å²) >= 11 is 0. The molecular weight excluding hydrogens is 475 g/mol. The number of benzene rings is 3. The molecule has 1 spiro atoms. The molecule has 6 rings (SSSR count). The van der Waals surface area contributed by atoms with Gasteiger partial charge < -0.3 is 4.74 Å². The molecule has 2 saturated heterocycles. The van der Waals surface area contributed by atoms with Crippen molar-refractivity contribution in [1.29, 1.82) is 0 Å². The van der Waals surface area contributed by atoms with Gasteiger partial charge in [-0.05, 0) is 29.8 Å². The van der Waals surface area contributed by atoms with E-state index in [1.807, 2.05) is 0 Å². The Morgan fingerprint density at radius 2 is 1.28 bits per heavy atom. The van der Waals surface area contributed by atoms with Crippen molar-refractivity contribution in [1.82, 2.24) is 0 Å². The first-order valence-electron chi connectivity index (χ1n) is 11.1. The van der Waals surface area contributed by atoms with Gasteiger partial charge in [-0.2, -0.15) is 13.2 Å². The van der Waals surface area contributed by atoms with Gasteiger partial charge in [0.15, 0.2) is 0 Å². The second-order valence-corrected chi connectivity index (χ2v) is 8.95. The third kappa shape index (κ3) is 2.83. The summed E-state index contributed by atoms with van der Waals surface area (Å²) in [6, 6.07) is 18.1. The molecule has 3 aliphatic rings. The first kappa shape index (κ1) is 22.4. The highest BCUT2D eigenvalue weighted by molar-refractivity contribution is 6.37. The lowest BCUT2D eigenvalue weighted by atomic mass is 9.77. The van der Waals surface area contributed by atoms with Gasteiger partial charge >= 0.3 is 6.18 Å².